The summed E-state index contributed by atoms with van der Waals surface area (Å²) in [4.78, 5) is 11.9. The van der Waals surface area contributed by atoms with Crippen molar-refractivity contribution < 1.29 is 14.7 Å². The summed E-state index contributed by atoms with van der Waals surface area (Å²) in [5.41, 5.74) is 0.610. The van der Waals surface area contributed by atoms with Crippen molar-refractivity contribution in [2.24, 2.45) is 11.8 Å². The summed E-state index contributed by atoms with van der Waals surface area (Å²) in [7, 11) is 0. The van der Waals surface area contributed by atoms with Gasteiger partial charge in [-0.3, -0.25) is 4.79 Å². The molecule has 0 radical (unpaired) electrons. The van der Waals surface area contributed by atoms with Gasteiger partial charge < -0.3 is 0 Å². The number of carbonyl (C=O) groups excluding carboxylic acids is 1. The number of carbonyl (C=O) groups is 1. The number of ketones is 1. The highest BCUT2D eigenvalue weighted by Gasteiger charge is 2.20. The van der Waals surface area contributed by atoms with Gasteiger partial charge in [-0.05, 0) is 41.8 Å². The molecule has 0 unspecified atom stereocenters. The lowest BCUT2D eigenvalue weighted by Gasteiger charge is -2.28. The number of halogens is 1. The molecule has 0 atom stereocenters. The highest BCUT2D eigenvalue weighted by atomic mass is 19.1. The summed E-state index contributed by atoms with van der Waals surface area (Å²) in [6.07, 6.45) is 8.78. The van der Waals surface area contributed by atoms with Crippen molar-refractivity contribution in [3.8, 4) is 11.1 Å². The lowest BCUT2D eigenvalue weighted by molar-refractivity contribution is 0.0988. The van der Waals surface area contributed by atoms with E-state index in [9.17, 15) is 4.79 Å². The average molecular weight is 385 g/mol. The van der Waals surface area contributed by atoms with Crippen LogP contribution in [0, 0.1) is 17.7 Å². The quantitative estimate of drug-likeness (QED) is 0.428. The zero-order valence-corrected chi connectivity index (χ0v) is 17.0. The maximum absolute atomic E-state index is 15.3. The van der Waals surface area contributed by atoms with Crippen LogP contribution in [0.5, 0.6) is 0 Å². The van der Waals surface area contributed by atoms with Crippen LogP contribution in [0.15, 0.2) is 42.4 Å². The first-order valence-electron chi connectivity index (χ1n) is 12.7. The fraction of sp³-hybridized carbons (Fsp3) is 0.500. The van der Waals surface area contributed by atoms with Crippen molar-refractivity contribution in [3.63, 3.8) is 0 Å². The molecular formula is C26H33FO. The van der Waals surface area contributed by atoms with Gasteiger partial charge in [0.25, 0.3) is 0 Å². The van der Waals surface area contributed by atoms with Gasteiger partial charge in [-0.2, -0.15) is 0 Å². The third kappa shape index (κ3) is 5.31. The molecule has 28 heavy (non-hydrogen) atoms. The molecule has 0 amide bonds. The Morgan fingerprint density at radius 2 is 1.75 bits per heavy atom. The van der Waals surface area contributed by atoms with Crippen molar-refractivity contribution in [2.75, 3.05) is 0 Å². The standard InChI is InChI=1S/C26H33FO/c1-3-5-19-6-8-20(9-7-19)10-11-21-12-17-24(25(27)18-21)22-13-15-23(16-14-22)26(28)4-2/h12-20H,3-11H2,1-2H3/i12D,13D,17D,18D. The molecule has 1 aliphatic rings. The van der Waals surface area contributed by atoms with Gasteiger partial charge in [0, 0.05) is 17.5 Å². The molecule has 1 aliphatic carbocycles. The molecule has 0 N–H and O–H groups in total. The van der Waals surface area contributed by atoms with E-state index in [4.69, 9.17) is 5.48 Å². The maximum atomic E-state index is 15.3. The number of hydrogen-bond acceptors (Lipinski definition) is 1. The fourth-order valence-electron chi connectivity index (χ4n) is 4.25. The summed E-state index contributed by atoms with van der Waals surface area (Å²) in [6, 6.07) is 3.52. The Morgan fingerprint density at radius 1 is 1.04 bits per heavy atom. The van der Waals surface area contributed by atoms with Crippen molar-refractivity contribution >= 4 is 5.78 Å². The zero-order chi connectivity index (χ0) is 23.4. The van der Waals surface area contributed by atoms with E-state index in [0.717, 1.165) is 25.2 Å². The number of benzene rings is 2. The van der Waals surface area contributed by atoms with E-state index in [1.165, 1.54) is 43.9 Å². The molecule has 2 heteroatoms. The smallest absolute Gasteiger partial charge is 0.162 e. The fourth-order valence-corrected chi connectivity index (χ4v) is 4.25. The monoisotopic (exact) mass is 384 g/mol. The molecule has 0 spiro atoms. The van der Waals surface area contributed by atoms with E-state index < -0.39 is 5.82 Å². The van der Waals surface area contributed by atoms with Gasteiger partial charge >= 0.3 is 0 Å². The first-order chi connectivity index (χ1) is 15.3. The highest BCUT2D eigenvalue weighted by molar-refractivity contribution is 5.96. The lowest BCUT2D eigenvalue weighted by Crippen LogP contribution is -2.15. The van der Waals surface area contributed by atoms with Gasteiger partial charge in [0.05, 0.1) is 5.48 Å². The van der Waals surface area contributed by atoms with Crippen molar-refractivity contribution in [1.29, 1.82) is 0 Å². The Labute approximate surface area is 175 Å². The molecule has 2 aromatic carbocycles. The number of rotatable bonds is 8. The third-order valence-electron chi connectivity index (χ3n) is 6.01. The van der Waals surface area contributed by atoms with Crippen molar-refractivity contribution in [1.82, 2.24) is 0 Å². The van der Waals surface area contributed by atoms with Gasteiger partial charge in [-0.1, -0.05) is 88.7 Å². The van der Waals surface area contributed by atoms with Crippen molar-refractivity contribution in [3.05, 3.63) is 59.3 Å². The second kappa shape index (κ2) is 10.0. The highest BCUT2D eigenvalue weighted by Crippen LogP contribution is 2.34. The Balaban J connectivity index is 1.83. The van der Waals surface area contributed by atoms with Gasteiger partial charge in [-0.15, -0.1) is 0 Å². The summed E-state index contributed by atoms with van der Waals surface area (Å²) in [6.45, 7) is 3.95. The molecule has 3 rings (SSSR count). The first kappa shape index (κ1) is 15.9. The molecular weight excluding hydrogens is 347 g/mol. The Hall–Kier alpha value is -1.96. The van der Waals surface area contributed by atoms with Crippen LogP contribution >= 0.6 is 0 Å². The zero-order valence-electron chi connectivity index (χ0n) is 21.0. The second-order valence-corrected chi connectivity index (χ2v) is 8.02. The minimum Gasteiger partial charge on any atom is -0.294 e. The van der Waals surface area contributed by atoms with E-state index in [0.29, 0.717) is 24.3 Å². The van der Waals surface area contributed by atoms with Crippen LogP contribution in [0.3, 0.4) is 0 Å². The first-order valence-corrected chi connectivity index (χ1v) is 10.7. The van der Waals surface area contributed by atoms with E-state index in [-0.39, 0.29) is 46.6 Å². The van der Waals surface area contributed by atoms with Crippen LogP contribution in [0.2, 0.25) is 0 Å². The number of Topliss-reactive ketones (excluding diaryl/α,β-unsaturated/α-hetero) is 1. The van der Waals surface area contributed by atoms with Gasteiger partial charge in [0.15, 0.2) is 5.78 Å². The van der Waals surface area contributed by atoms with E-state index >= 15 is 4.39 Å². The van der Waals surface area contributed by atoms with Crippen molar-refractivity contribution in [2.45, 2.75) is 71.6 Å². The molecule has 150 valence electrons. The Morgan fingerprint density at radius 3 is 2.39 bits per heavy atom. The molecule has 1 saturated carbocycles. The largest absolute Gasteiger partial charge is 0.294 e. The van der Waals surface area contributed by atoms with E-state index in [1.807, 2.05) is 0 Å². The molecule has 2 aromatic rings. The molecule has 0 bridgehead atoms. The Bertz CT molecular complexity index is 951. The lowest BCUT2D eigenvalue weighted by atomic mass is 9.78. The minimum absolute atomic E-state index is 0.0768. The van der Waals surface area contributed by atoms with Crippen LogP contribution in [-0.2, 0) is 6.42 Å². The normalized spacial score (nSPS) is 21.5. The molecule has 0 aliphatic heterocycles. The van der Waals surface area contributed by atoms with Gasteiger partial charge in [0.1, 0.15) is 5.82 Å². The summed E-state index contributed by atoms with van der Waals surface area (Å²) in [5.74, 6) is 0.375. The molecule has 1 nitrogen and oxygen atoms in total. The van der Waals surface area contributed by atoms with Gasteiger partial charge in [0.2, 0.25) is 0 Å². The molecule has 0 aromatic heterocycles. The summed E-state index contributed by atoms with van der Waals surface area (Å²) in [5, 5.41) is 0. The van der Waals surface area contributed by atoms with Crippen LogP contribution in [0.1, 0.15) is 86.6 Å². The predicted molar refractivity (Wildman–Crippen MR) is 115 cm³/mol. The predicted octanol–water partition coefficient (Wildman–Crippen LogP) is 7.62. The summed E-state index contributed by atoms with van der Waals surface area (Å²) >= 11 is 0. The van der Waals surface area contributed by atoms with Crippen LogP contribution in [-0.4, -0.2) is 5.78 Å². The van der Waals surface area contributed by atoms with E-state index in [1.54, 1.807) is 6.92 Å². The van der Waals surface area contributed by atoms with Gasteiger partial charge in [-0.25, -0.2) is 4.39 Å². The third-order valence-corrected chi connectivity index (χ3v) is 6.01. The molecule has 1 fully saturated rings. The molecule has 0 saturated heterocycles. The maximum Gasteiger partial charge on any atom is 0.162 e. The topological polar surface area (TPSA) is 17.1 Å². The average Bonchev–Trinajstić information content (AvgIpc) is 2.79. The number of hydrogen-bond donors (Lipinski definition) is 0. The van der Waals surface area contributed by atoms with E-state index in [2.05, 4.69) is 6.92 Å². The molecule has 0 heterocycles. The minimum atomic E-state index is -0.851. The van der Waals surface area contributed by atoms with Crippen LogP contribution in [0.4, 0.5) is 4.39 Å². The van der Waals surface area contributed by atoms with Crippen LogP contribution in [0.25, 0.3) is 11.1 Å². The van der Waals surface area contributed by atoms with Crippen LogP contribution < -0.4 is 0 Å². The summed E-state index contributed by atoms with van der Waals surface area (Å²) < 4.78 is 48.7. The second-order valence-electron chi connectivity index (χ2n) is 8.02. The Kier molecular flexibility index (Phi) is 5.68. The SMILES string of the molecule is [2H]c1cc(C(=O)CC)ccc1-c1c([2H])c([2H])c(CCC2CCC(CCC)CC2)c([2H])c1F.